The average Bonchev–Trinajstić information content (AvgIpc) is 2.05. The SMILES string of the molecule is [CH2]CCCCC(C)(CC)CC. The van der Waals surface area contributed by atoms with E-state index in [0.717, 1.165) is 6.42 Å². The van der Waals surface area contributed by atoms with Crippen molar-refractivity contribution in [2.24, 2.45) is 5.41 Å². The Labute approximate surface area is 72.4 Å². The second-order valence-corrected chi connectivity index (χ2v) is 3.83. The fourth-order valence-corrected chi connectivity index (χ4v) is 1.33. The molecule has 0 N–H and O–H groups in total. The van der Waals surface area contributed by atoms with E-state index in [2.05, 4.69) is 27.7 Å². The fourth-order valence-electron chi connectivity index (χ4n) is 1.33. The predicted molar refractivity (Wildman–Crippen MR) is 52.5 cm³/mol. The fraction of sp³-hybridized carbons (Fsp3) is 0.909. The van der Waals surface area contributed by atoms with Gasteiger partial charge in [-0.05, 0) is 11.8 Å². The van der Waals surface area contributed by atoms with Crippen molar-refractivity contribution in [3.63, 3.8) is 0 Å². The Kier molecular flexibility index (Phi) is 5.62. The second kappa shape index (κ2) is 5.62. The number of hydrogen-bond acceptors (Lipinski definition) is 0. The summed E-state index contributed by atoms with van der Waals surface area (Å²) in [6, 6.07) is 0. The van der Waals surface area contributed by atoms with Gasteiger partial charge in [-0.1, -0.05) is 59.8 Å². The standard InChI is InChI=1S/C11H23/c1-5-8-9-10-11(4,6-2)7-3/h1,5-10H2,2-4H3. The second-order valence-electron chi connectivity index (χ2n) is 3.83. The molecule has 11 heavy (non-hydrogen) atoms. The van der Waals surface area contributed by atoms with E-state index < -0.39 is 0 Å². The van der Waals surface area contributed by atoms with Crippen LogP contribution in [0.25, 0.3) is 0 Å². The van der Waals surface area contributed by atoms with E-state index in [4.69, 9.17) is 0 Å². The molecule has 1 radical (unpaired) electrons. The van der Waals surface area contributed by atoms with Gasteiger partial charge in [0.25, 0.3) is 0 Å². The van der Waals surface area contributed by atoms with E-state index in [-0.39, 0.29) is 0 Å². The minimum Gasteiger partial charge on any atom is -0.0649 e. The molecule has 0 spiro atoms. The number of unbranched alkanes of at least 4 members (excludes halogenated alkanes) is 2. The third kappa shape index (κ3) is 4.44. The first-order chi connectivity index (χ1) is 5.18. The Morgan fingerprint density at radius 1 is 1.09 bits per heavy atom. The topological polar surface area (TPSA) is 0 Å². The van der Waals surface area contributed by atoms with Gasteiger partial charge in [0, 0.05) is 0 Å². The van der Waals surface area contributed by atoms with Crippen molar-refractivity contribution in [1.29, 1.82) is 0 Å². The molecule has 0 unspecified atom stereocenters. The molecular weight excluding hydrogens is 132 g/mol. The van der Waals surface area contributed by atoms with E-state index >= 15 is 0 Å². The quantitative estimate of drug-likeness (QED) is 0.504. The van der Waals surface area contributed by atoms with E-state index in [0.29, 0.717) is 5.41 Å². The van der Waals surface area contributed by atoms with Gasteiger partial charge in [-0.25, -0.2) is 0 Å². The highest BCUT2D eigenvalue weighted by atomic mass is 14.2. The number of hydrogen-bond donors (Lipinski definition) is 0. The minimum atomic E-state index is 0.606. The Morgan fingerprint density at radius 2 is 1.64 bits per heavy atom. The summed E-state index contributed by atoms with van der Waals surface area (Å²) in [6.45, 7) is 10.9. The minimum absolute atomic E-state index is 0.606. The summed E-state index contributed by atoms with van der Waals surface area (Å²) in [6.07, 6.45) is 7.79. The van der Waals surface area contributed by atoms with Crippen molar-refractivity contribution in [1.82, 2.24) is 0 Å². The molecule has 0 bridgehead atoms. The summed E-state index contributed by atoms with van der Waals surface area (Å²) in [5.41, 5.74) is 0.606. The molecule has 0 rings (SSSR count). The Hall–Kier alpha value is 0. The molecule has 67 valence electrons. The molecule has 0 aromatic heterocycles. The molecule has 0 aromatic carbocycles. The van der Waals surface area contributed by atoms with Crippen LogP contribution in [0.2, 0.25) is 0 Å². The van der Waals surface area contributed by atoms with Crippen molar-refractivity contribution in [2.45, 2.75) is 59.3 Å². The zero-order valence-corrected chi connectivity index (χ0v) is 8.45. The van der Waals surface area contributed by atoms with Gasteiger partial charge >= 0.3 is 0 Å². The first-order valence-electron chi connectivity index (χ1n) is 4.97. The molecule has 0 amide bonds. The van der Waals surface area contributed by atoms with Crippen molar-refractivity contribution in [3.8, 4) is 0 Å². The zero-order valence-electron chi connectivity index (χ0n) is 8.45. The summed E-state index contributed by atoms with van der Waals surface area (Å²) in [5, 5.41) is 0. The van der Waals surface area contributed by atoms with Crippen LogP contribution in [0.1, 0.15) is 59.3 Å². The molecule has 0 saturated carbocycles. The Morgan fingerprint density at radius 3 is 2.00 bits per heavy atom. The molecule has 0 heterocycles. The summed E-state index contributed by atoms with van der Waals surface area (Å²) in [5.74, 6) is 0. The van der Waals surface area contributed by atoms with Crippen LogP contribution in [0.3, 0.4) is 0 Å². The van der Waals surface area contributed by atoms with Gasteiger partial charge in [-0.3, -0.25) is 0 Å². The highest BCUT2D eigenvalue weighted by Gasteiger charge is 2.17. The van der Waals surface area contributed by atoms with Gasteiger partial charge in [0.1, 0.15) is 0 Å². The summed E-state index contributed by atoms with van der Waals surface area (Å²) in [7, 11) is 0. The van der Waals surface area contributed by atoms with E-state index in [9.17, 15) is 0 Å². The van der Waals surface area contributed by atoms with Crippen molar-refractivity contribution in [3.05, 3.63) is 6.92 Å². The lowest BCUT2D eigenvalue weighted by molar-refractivity contribution is 0.263. The molecule has 0 aliphatic heterocycles. The van der Waals surface area contributed by atoms with Crippen molar-refractivity contribution >= 4 is 0 Å². The van der Waals surface area contributed by atoms with Crippen molar-refractivity contribution < 1.29 is 0 Å². The largest absolute Gasteiger partial charge is 0.0649 e. The summed E-state index contributed by atoms with van der Waals surface area (Å²) >= 11 is 0. The van der Waals surface area contributed by atoms with Crippen LogP contribution >= 0.6 is 0 Å². The molecule has 0 aliphatic carbocycles. The van der Waals surface area contributed by atoms with Gasteiger partial charge in [0.15, 0.2) is 0 Å². The Bertz CT molecular complexity index is 80.0. The zero-order chi connectivity index (χ0) is 8.74. The molecule has 0 saturated heterocycles. The van der Waals surface area contributed by atoms with Crippen LogP contribution in [-0.4, -0.2) is 0 Å². The van der Waals surface area contributed by atoms with Crippen LogP contribution < -0.4 is 0 Å². The predicted octanol–water partition coefficient (Wildman–Crippen LogP) is 4.21. The maximum atomic E-state index is 3.86. The van der Waals surface area contributed by atoms with Crippen LogP contribution in [0.4, 0.5) is 0 Å². The first-order valence-corrected chi connectivity index (χ1v) is 4.97. The van der Waals surface area contributed by atoms with Crippen LogP contribution in [0.15, 0.2) is 0 Å². The number of rotatable bonds is 6. The molecule has 0 nitrogen and oxygen atoms in total. The third-order valence-corrected chi connectivity index (χ3v) is 2.99. The lowest BCUT2D eigenvalue weighted by atomic mass is 9.80. The van der Waals surface area contributed by atoms with Crippen LogP contribution in [0.5, 0.6) is 0 Å². The van der Waals surface area contributed by atoms with Crippen molar-refractivity contribution in [2.75, 3.05) is 0 Å². The summed E-state index contributed by atoms with van der Waals surface area (Å²) in [4.78, 5) is 0. The molecule has 0 aliphatic rings. The smallest absolute Gasteiger partial charge is 0.0331 e. The lowest BCUT2D eigenvalue weighted by Gasteiger charge is -2.26. The van der Waals surface area contributed by atoms with Gasteiger partial charge in [-0.2, -0.15) is 0 Å². The normalized spacial score (nSPS) is 12.0. The van der Waals surface area contributed by atoms with Gasteiger partial charge in [-0.15, -0.1) is 0 Å². The average molecular weight is 155 g/mol. The molecule has 0 atom stereocenters. The highest BCUT2D eigenvalue weighted by Crippen LogP contribution is 2.31. The van der Waals surface area contributed by atoms with E-state index in [1.807, 2.05) is 0 Å². The van der Waals surface area contributed by atoms with Crippen LogP contribution in [0, 0.1) is 12.3 Å². The summed E-state index contributed by atoms with van der Waals surface area (Å²) < 4.78 is 0. The highest BCUT2D eigenvalue weighted by molar-refractivity contribution is 4.70. The van der Waals surface area contributed by atoms with Gasteiger partial charge in [0.05, 0.1) is 0 Å². The van der Waals surface area contributed by atoms with Gasteiger partial charge in [0.2, 0.25) is 0 Å². The first kappa shape index (κ1) is 11.0. The maximum absolute atomic E-state index is 3.86. The molecule has 0 heteroatoms. The monoisotopic (exact) mass is 155 g/mol. The van der Waals surface area contributed by atoms with E-state index in [1.165, 1.54) is 32.1 Å². The molecule has 0 fully saturated rings. The Balaban J connectivity index is 3.51. The maximum Gasteiger partial charge on any atom is -0.0331 e. The van der Waals surface area contributed by atoms with E-state index in [1.54, 1.807) is 0 Å². The van der Waals surface area contributed by atoms with Gasteiger partial charge < -0.3 is 0 Å². The molecule has 0 aromatic rings. The lowest BCUT2D eigenvalue weighted by Crippen LogP contribution is -2.13. The molecular formula is C11H23. The third-order valence-electron chi connectivity index (χ3n) is 2.99. The van der Waals surface area contributed by atoms with Crippen LogP contribution in [-0.2, 0) is 0 Å².